The molecule has 0 aromatic heterocycles. The molecule has 0 atom stereocenters. The molecule has 3 amide bonds. The Morgan fingerprint density at radius 1 is 1.20 bits per heavy atom. The fraction of sp³-hybridized carbons (Fsp3) is 0.636. The molecule has 0 aliphatic carbocycles. The maximum Gasteiger partial charge on any atom is 0.317 e. The van der Waals surface area contributed by atoms with E-state index >= 15 is 0 Å². The van der Waals surface area contributed by atoms with Crippen LogP contribution in [0.3, 0.4) is 0 Å². The first kappa shape index (κ1) is 22.8. The molecule has 1 aromatic rings. The molecule has 1 N–H and O–H groups in total. The third-order valence-electron chi connectivity index (χ3n) is 5.95. The van der Waals surface area contributed by atoms with Gasteiger partial charge in [0, 0.05) is 55.5 Å². The monoisotopic (exact) mass is 439 g/mol. The zero-order chi connectivity index (χ0) is 21.5. The van der Waals surface area contributed by atoms with Gasteiger partial charge in [0.25, 0.3) is 0 Å². The number of benzene rings is 1. The molecule has 166 valence electrons. The van der Waals surface area contributed by atoms with Crippen LogP contribution in [0.2, 0.25) is 5.02 Å². The van der Waals surface area contributed by atoms with Crippen LogP contribution in [0, 0.1) is 5.82 Å². The number of carbonyl (C=O) groups is 2. The number of likely N-dealkylation sites (tertiary alicyclic amines) is 1. The van der Waals surface area contributed by atoms with Crippen LogP contribution in [-0.4, -0.2) is 66.7 Å². The summed E-state index contributed by atoms with van der Waals surface area (Å²) in [7, 11) is 0. The van der Waals surface area contributed by atoms with E-state index in [2.05, 4.69) is 5.32 Å². The van der Waals surface area contributed by atoms with Gasteiger partial charge in [-0.05, 0) is 44.2 Å². The minimum Gasteiger partial charge on any atom is -0.381 e. The van der Waals surface area contributed by atoms with Gasteiger partial charge in [0.1, 0.15) is 5.82 Å². The van der Waals surface area contributed by atoms with Gasteiger partial charge in [0.15, 0.2) is 0 Å². The molecule has 2 fully saturated rings. The number of ether oxygens (including phenoxy) is 1. The zero-order valence-corrected chi connectivity index (χ0v) is 18.3. The third kappa shape index (κ3) is 5.64. The van der Waals surface area contributed by atoms with Gasteiger partial charge < -0.3 is 19.9 Å². The highest BCUT2D eigenvalue weighted by Gasteiger charge is 2.35. The molecule has 3 rings (SSSR count). The molecule has 1 aromatic carbocycles. The maximum absolute atomic E-state index is 14.0. The zero-order valence-electron chi connectivity index (χ0n) is 17.5. The van der Waals surface area contributed by atoms with Gasteiger partial charge in [0.2, 0.25) is 5.91 Å². The summed E-state index contributed by atoms with van der Waals surface area (Å²) in [5.74, 6) is -0.586. The van der Waals surface area contributed by atoms with E-state index in [4.69, 9.17) is 16.3 Å². The van der Waals surface area contributed by atoms with Gasteiger partial charge in [-0.3, -0.25) is 4.79 Å². The average molecular weight is 440 g/mol. The minimum atomic E-state index is -0.455. The predicted octanol–water partition coefficient (Wildman–Crippen LogP) is 3.61. The lowest BCUT2D eigenvalue weighted by molar-refractivity contribution is -0.132. The van der Waals surface area contributed by atoms with E-state index in [0.29, 0.717) is 45.7 Å². The number of piperidine rings is 1. The molecule has 8 heteroatoms. The number of amides is 3. The fourth-order valence-electron chi connectivity index (χ4n) is 4.27. The van der Waals surface area contributed by atoms with Crippen molar-refractivity contribution in [3.05, 3.63) is 34.6 Å². The Morgan fingerprint density at radius 3 is 2.50 bits per heavy atom. The molecule has 2 aliphatic rings. The highest BCUT2D eigenvalue weighted by molar-refractivity contribution is 6.31. The topological polar surface area (TPSA) is 61.9 Å². The minimum absolute atomic E-state index is 0.0216. The quantitative estimate of drug-likeness (QED) is 0.736. The van der Waals surface area contributed by atoms with Gasteiger partial charge in [-0.1, -0.05) is 24.6 Å². The highest BCUT2D eigenvalue weighted by atomic mass is 35.5. The smallest absolute Gasteiger partial charge is 0.317 e. The van der Waals surface area contributed by atoms with Crippen LogP contribution in [0.5, 0.6) is 0 Å². The number of carbonyl (C=O) groups excluding carboxylic acids is 2. The third-order valence-corrected chi connectivity index (χ3v) is 6.30. The summed E-state index contributed by atoms with van der Waals surface area (Å²) < 4.78 is 19.5. The van der Waals surface area contributed by atoms with Crippen LogP contribution in [-0.2, 0) is 16.0 Å². The van der Waals surface area contributed by atoms with Crippen LogP contribution in [0.1, 0.15) is 44.6 Å². The Balaban J connectivity index is 1.61. The van der Waals surface area contributed by atoms with Crippen molar-refractivity contribution in [3.63, 3.8) is 0 Å². The fourth-order valence-corrected chi connectivity index (χ4v) is 4.50. The van der Waals surface area contributed by atoms with E-state index < -0.39 is 5.82 Å². The van der Waals surface area contributed by atoms with Gasteiger partial charge in [-0.25, -0.2) is 9.18 Å². The molecule has 2 saturated heterocycles. The van der Waals surface area contributed by atoms with Crippen LogP contribution in [0.25, 0.3) is 0 Å². The second-order valence-corrected chi connectivity index (χ2v) is 8.38. The van der Waals surface area contributed by atoms with Crippen LogP contribution < -0.4 is 5.32 Å². The number of halogens is 2. The van der Waals surface area contributed by atoms with E-state index in [1.165, 1.54) is 12.1 Å². The summed E-state index contributed by atoms with van der Waals surface area (Å²) in [6.07, 6.45) is 3.95. The first-order valence-corrected chi connectivity index (χ1v) is 11.2. The lowest BCUT2D eigenvalue weighted by Gasteiger charge is -2.43. The molecule has 6 nitrogen and oxygen atoms in total. The van der Waals surface area contributed by atoms with Crippen molar-refractivity contribution >= 4 is 23.5 Å². The summed E-state index contributed by atoms with van der Waals surface area (Å²) in [5, 5.41) is 3.29. The maximum atomic E-state index is 14.0. The predicted molar refractivity (Wildman–Crippen MR) is 114 cm³/mol. The van der Waals surface area contributed by atoms with Crippen molar-refractivity contribution < 1.29 is 18.7 Å². The molecule has 0 bridgehead atoms. The van der Waals surface area contributed by atoms with Gasteiger partial charge in [-0.15, -0.1) is 0 Å². The average Bonchev–Trinajstić information content (AvgIpc) is 2.76. The molecule has 2 heterocycles. The first-order valence-electron chi connectivity index (χ1n) is 10.9. The van der Waals surface area contributed by atoms with Crippen molar-refractivity contribution in [3.8, 4) is 0 Å². The lowest BCUT2D eigenvalue weighted by atomic mass is 9.97. The van der Waals surface area contributed by atoms with Crippen LogP contribution in [0.15, 0.2) is 18.2 Å². The molecule has 0 saturated carbocycles. The summed E-state index contributed by atoms with van der Waals surface area (Å²) in [4.78, 5) is 29.3. The number of rotatable bonds is 6. The second kappa shape index (κ2) is 11.0. The summed E-state index contributed by atoms with van der Waals surface area (Å²) in [5.41, 5.74) is 0.245. The summed E-state index contributed by atoms with van der Waals surface area (Å²) in [6.45, 7) is 5.13. The molecule has 0 unspecified atom stereocenters. The van der Waals surface area contributed by atoms with Crippen molar-refractivity contribution in [2.75, 3.05) is 32.8 Å². The molecule has 0 radical (unpaired) electrons. The molecule has 0 spiro atoms. The summed E-state index contributed by atoms with van der Waals surface area (Å²) in [6, 6.07) is 4.69. The number of urea groups is 1. The Kier molecular flexibility index (Phi) is 8.33. The Hall–Kier alpha value is -1.86. The van der Waals surface area contributed by atoms with E-state index in [1.54, 1.807) is 11.0 Å². The van der Waals surface area contributed by atoms with Crippen molar-refractivity contribution in [2.24, 2.45) is 0 Å². The molecule has 2 aliphatic heterocycles. The van der Waals surface area contributed by atoms with Crippen LogP contribution >= 0.6 is 11.6 Å². The van der Waals surface area contributed by atoms with Crippen LogP contribution in [0.4, 0.5) is 9.18 Å². The first-order chi connectivity index (χ1) is 14.5. The number of hydrogen-bond acceptors (Lipinski definition) is 3. The van der Waals surface area contributed by atoms with E-state index in [-0.39, 0.29) is 41.0 Å². The highest BCUT2D eigenvalue weighted by Crippen LogP contribution is 2.25. The largest absolute Gasteiger partial charge is 0.381 e. The van der Waals surface area contributed by atoms with Gasteiger partial charge >= 0.3 is 6.03 Å². The Morgan fingerprint density at radius 2 is 1.87 bits per heavy atom. The van der Waals surface area contributed by atoms with Gasteiger partial charge in [-0.2, -0.15) is 0 Å². The molecular formula is C22H31ClFN3O3. The number of nitrogens with zero attached hydrogens (tertiary/aromatic N) is 2. The summed E-state index contributed by atoms with van der Waals surface area (Å²) >= 11 is 6.07. The Bertz CT molecular complexity index is 714. The second-order valence-electron chi connectivity index (χ2n) is 7.97. The SMILES string of the molecule is CCCNC(=O)N(C1CCOCC1)C1CCN(C(=O)Cc2c(F)cccc2Cl)CC1. The molecular weight excluding hydrogens is 409 g/mol. The number of nitrogens with one attached hydrogen (secondary N) is 1. The number of hydrogen-bond donors (Lipinski definition) is 1. The lowest BCUT2D eigenvalue weighted by Crippen LogP contribution is -2.56. The Labute approximate surface area is 182 Å². The molecule has 30 heavy (non-hydrogen) atoms. The van der Waals surface area contributed by atoms with Crippen molar-refractivity contribution in [2.45, 2.75) is 57.5 Å². The van der Waals surface area contributed by atoms with Crippen molar-refractivity contribution in [1.82, 2.24) is 15.1 Å². The van der Waals surface area contributed by atoms with Crippen molar-refractivity contribution in [1.29, 1.82) is 0 Å². The van der Waals surface area contributed by atoms with Gasteiger partial charge in [0.05, 0.1) is 6.42 Å². The normalized spacial score (nSPS) is 18.3. The van der Waals surface area contributed by atoms with E-state index in [9.17, 15) is 14.0 Å². The van der Waals surface area contributed by atoms with E-state index in [1.807, 2.05) is 11.8 Å². The standard InChI is InChI=1S/C22H31ClFN3O3/c1-2-10-25-22(29)27(17-8-13-30-14-9-17)16-6-11-26(12-7-16)21(28)15-18-19(23)4-3-5-20(18)24/h3-5,16-17H,2,6-15H2,1H3,(H,25,29). The van der Waals surface area contributed by atoms with E-state index in [0.717, 1.165) is 19.3 Å².